The van der Waals surface area contributed by atoms with E-state index in [0.717, 1.165) is 51.2 Å². The number of likely N-dealkylation sites (tertiary alicyclic amines) is 1. The molecule has 1 fully saturated rings. The number of ether oxygens (including phenoxy) is 1. The van der Waals surface area contributed by atoms with E-state index in [9.17, 15) is 4.79 Å². The summed E-state index contributed by atoms with van der Waals surface area (Å²) in [6.07, 6.45) is 2.74. The Morgan fingerprint density at radius 1 is 1.12 bits per heavy atom. The molecular weight excluding hydrogens is 324 g/mol. The van der Waals surface area contributed by atoms with Crippen molar-refractivity contribution in [1.29, 1.82) is 0 Å². The van der Waals surface area contributed by atoms with Gasteiger partial charge in [-0.3, -0.25) is 4.79 Å². The van der Waals surface area contributed by atoms with Crippen molar-refractivity contribution in [1.82, 2.24) is 10.2 Å². The maximum Gasteiger partial charge on any atom is 0.222 e. The fraction of sp³-hybridized carbons (Fsp3) is 0.409. The van der Waals surface area contributed by atoms with E-state index in [2.05, 4.69) is 48.6 Å². The number of hydrogen-bond donors (Lipinski definition) is 1. The number of carbonyl (C=O) groups is 1. The number of hydrogen-bond acceptors (Lipinski definition) is 3. The van der Waals surface area contributed by atoms with Gasteiger partial charge in [0.05, 0.1) is 0 Å². The molecule has 138 valence electrons. The molecule has 1 saturated heterocycles. The number of nitrogens with one attached hydrogen (secondary N) is 1. The molecule has 1 aliphatic rings. The molecule has 4 nitrogen and oxygen atoms in total. The Bertz CT molecular complexity index is 712. The van der Waals surface area contributed by atoms with Crippen molar-refractivity contribution in [3.8, 4) is 5.75 Å². The maximum atomic E-state index is 11.6. The van der Waals surface area contributed by atoms with Crippen LogP contribution >= 0.6 is 0 Å². The van der Waals surface area contributed by atoms with E-state index in [1.165, 1.54) is 16.7 Å². The summed E-state index contributed by atoms with van der Waals surface area (Å²) in [7, 11) is 0. The molecule has 2 aromatic carbocycles. The maximum absolute atomic E-state index is 11.6. The van der Waals surface area contributed by atoms with E-state index >= 15 is 0 Å². The second-order valence-corrected chi connectivity index (χ2v) is 6.94. The Kier molecular flexibility index (Phi) is 6.67. The van der Waals surface area contributed by atoms with Crippen LogP contribution in [0.3, 0.4) is 0 Å². The highest BCUT2D eigenvalue weighted by Crippen LogP contribution is 2.15. The highest BCUT2D eigenvalue weighted by Gasteiger charge is 2.18. The number of carbonyl (C=O) groups excluding carboxylic acids is 1. The van der Waals surface area contributed by atoms with Crippen molar-refractivity contribution in [2.24, 2.45) is 0 Å². The van der Waals surface area contributed by atoms with Crippen LogP contribution in [0, 0.1) is 6.92 Å². The molecular formula is C22H28N2O2. The molecule has 4 heteroatoms. The van der Waals surface area contributed by atoms with E-state index in [1.54, 1.807) is 0 Å². The van der Waals surface area contributed by atoms with E-state index in [-0.39, 0.29) is 0 Å². The van der Waals surface area contributed by atoms with Gasteiger partial charge in [-0.25, -0.2) is 0 Å². The molecule has 0 saturated carbocycles. The summed E-state index contributed by atoms with van der Waals surface area (Å²) in [6, 6.07) is 16.6. The Morgan fingerprint density at radius 3 is 2.73 bits per heavy atom. The molecule has 1 aliphatic heterocycles. The number of rotatable bonds is 9. The molecule has 0 spiro atoms. The molecule has 0 atom stereocenters. The Hall–Kier alpha value is -2.33. The second kappa shape index (κ2) is 9.39. The summed E-state index contributed by atoms with van der Waals surface area (Å²) < 4.78 is 5.91. The molecule has 0 unspecified atom stereocenters. The van der Waals surface area contributed by atoms with Crippen LogP contribution in [0.4, 0.5) is 0 Å². The Labute approximate surface area is 156 Å². The minimum Gasteiger partial charge on any atom is -0.489 e. The zero-order chi connectivity index (χ0) is 18.2. The normalized spacial score (nSPS) is 14.0. The summed E-state index contributed by atoms with van der Waals surface area (Å²) in [4.78, 5) is 13.5. The van der Waals surface area contributed by atoms with Crippen molar-refractivity contribution in [3.63, 3.8) is 0 Å². The fourth-order valence-corrected chi connectivity index (χ4v) is 3.16. The highest BCUT2D eigenvalue weighted by atomic mass is 16.5. The zero-order valence-corrected chi connectivity index (χ0v) is 15.5. The highest BCUT2D eigenvalue weighted by molar-refractivity contribution is 5.77. The third kappa shape index (κ3) is 5.60. The zero-order valence-electron chi connectivity index (χ0n) is 15.5. The molecule has 1 amide bonds. The Morgan fingerprint density at radius 2 is 1.96 bits per heavy atom. The lowest BCUT2D eigenvalue weighted by molar-refractivity contribution is -0.127. The van der Waals surface area contributed by atoms with Gasteiger partial charge in [0.1, 0.15) is 12.4 Å². The minimum absolute atomic E-state index is 0.309. The molecule has 2 aromatic rings. The van der Waals surface area contributed by atoms with Gasteiger partial charge in [-0.15, -0.1) is 0 Å². The first-order valence-corrected chi connectivity index (χ1v) is 9.46. The molecule has 0 radical (unpaired) electrons. The van der Waals surface area contributed by atoms with Crippen LogP contribution in [-0.2, 0) is 17.9 Å². The van der Waals surface area contributed by atoms with Gasteiger partial charge >= 0.3 is 0 Å². The van der Waals surface area contributed by atoms with E-state index < -0.39 is 0 Å². The van der Waals surface area contributed by atoms with Gasteiger partial charge < -0.3 is 15.0 Å². The monoisotopic (exact) mass is 352 g/mol. The van der Waals surface area contributed by atoms with Gasteiger partial charge in [0.15, 0.2) is 0 Å². The van der Waals surface area contributed by atoms with Crippen LogP contribution in [0.1, 0.15) is 36.0 Å². The van der Waals surface area contributed by atoms with Crippen LogP contribution in [-0.4, -0.2) is 30.4 Å². The number of aryl methyl sites for hydroxylation is 1. The summed E-state index contributed by atoms with van der Waals surface area (Å²) in [5.74, 6) is 1.20. The third-order valence-electron chi connectivity index (χ3n) is 4.71. The molecule has 0 aliphatic carbocycles. The molecule has 1 N–H and O–H groups in total. The lowest BCUT2D eigenvalue weighted by Gasteiger charge is -2.15. The minimum atomic E-state index is 0.309. The first kappa shape index (κ1) is 18.5. The smallest absolute Gasteiger partial charge is 0.222 e. The lowest BCUT2D eigenvalue weighted by atomic mass is 10.2. The lowest BCUT2D eigenvalue weighted by Crippen LogP contribution is -2.28. The Balaban J connectivity index is 1.38. The summed E-state index contributed by atoms with van der Waals surface area (Å²) >= 11 is 0. The van der Waals surface area contributed by atoms with E-state index in [0.29, 0.717) is 12.5 Å². The van der Waals surface area contributed by atoms with Crippen molar-refractivity contribution in [2.75, 3.05) is 19.6 Å². The number of amides is 1. The summed E-state index contributed by atoms with van der Waals surface area (Å²) in [5.41, 5.74) is 3.65. The predicted octanol–water partition coefficient (Wildman–Crippen LogP) is 3.68. The van der Waals surface area contributed by atoms with Crippen molar-refractivity contribution < 1.29 is 9.53 Å². The molecule has 26 heavy (non-hydrogen) atoms. The standard InChI is InChI=1S/C22H28N2O2/c1-18-8-10-19(11-9-18)17-26-21-6-2-5-20(15-21)16-23-12-4-14-24-13-3-7-22(24)25/h2,5-6,8-11,15,23H,3-4,7,12-14,16-17H2,1H3. The summed E-state index contributed by atoms with van der Waals surface area (Å²) in [5, 5.41) is 3.45. The largest absolute Gasteiger partial charge is 0.489 e. The van der Waals surface area contributed by atoms with E-state index in [1.807, 2.05) is 17.0 Å². The average molecular weight is 352 g/mol. The van der Waals surface area contributed by atoms with Gasteiger partial charge in [-0.05, 0) is 49.6 Å². The molecule has 0 bridgehead atoms. The van der Waals surface area contributed by atoms with Gasteiger partial charge in [0.25, 0.3) is 0 Å². The summed E-state index contributed by atoms with van der Waals surface area (Å²) in [6.45, 7) is 6.20. The quantitative estimate of drug-likeness (QED) is 0.700. The SMILES string of the molecule is Cc1ccc(COc2cccc(CNCCCN3CCCC3=O)c2)cc1. The number of benzene rings is 2. The predicted molar refractivity (Wildman–Crippen MR) is 104 cm³/mol. The third-order valence-corrected chi connectivity index (χ3v) is 4.71. The first-order valence-electron chi connectivity index (χ1n) is 9.46. The van der Waals surface area contributed by atoms with Gasteiger partial charge in [-0.1, -0.05) is 42.0 Å². The average Bonchev–Trinajstić information content (AvgIpc) is 3.06. The van der Waals surface area contributed by atoms with Crippen LogP contribution < -0.4 is 10.1 Å². The topological polar surface area (TPSA) is 41.6 Å². The molecule has 0 aromatic heterocycles. The van der Waals surface area contributed by atoms with Gasteiger partial charge in [0, 0.05) is 26.1 Å². The first-order chi connectivity index (χ1) is 12.7. The van der Waals surface area contributed by atoms with Crippen LogP contribution in [0.2, 0.25) is 0 Å². The van der Waals surface area contributed by atoms with Crippen LogP contribution in [0.15, 0.2) is 48.5 Å². The second-order valence-electron chi connectivity index (χ2n) is 6.94. The van der Waals surface area contributed by atoms with Gasteiger partial charge in [-0.2, -0.15) is 0 Å². The molecule has 1 heterocycles. The molecule has 3 rings (SSSR count). The number of nitrogens with zero attached hydrogens (tertiary/aromatic N) is 1. The van der Waals surface area contributed by atoms with Gasteiger partial charge in [0.2, 0.25) is 5.91 Å². The van der Waals surface area contributed by atoms with Crippen molar-refractivity contribution in [3.05, 3.63) is 65.2 Å². The van der Waals surface area contributed by atoms with Crippen molar-refractivity contribution in [2.45, 2.75) is 39.3 Å². The van der Waals surface area contributed by atoms with Crippen LogP contribution in [0.25, 0.3) is 0 Å². The fourth-order valence-electron chi connectivity index (χ4n) is 3.16. The van der Waals surface area contributed by atoms with Crippen LogP contribution in [0.5, 0.6) is 5.75 Å². The van der Waals surface area contributed by atoms with E-state index in [4.69, 9.17) is 4.74 Å². The van der Waals surface area contributed by atoms with Crippen molar-refractivity contribution >= 4 is 5.91 Å².